The van der Waals surface area contributed by atoms with Crippen molar-refractivity contribution < 1.29 is 23.8 Å². The molecule has 7 heteroatoms. The molecule has 0 spiro atoms. The summed E-state index contributed by atoms with van der Waals surface area (Å²) < 4.78 is 16.7. The Balaban J connectivity index is 1.53. The van der Waals surface area contributed by atoms with E-state index in [0.29, 0.717) is 36.0 Å². The summed E-state index contributed by atoms with van der Waals surface area (Å²) in [4.78, 5) is 28.9. The van der Waals surface area contributed by atoms with Gasteiger partial charge in [-0.1, -0.05) is 13.0 Å². The fourth-order valence-corrected chi connectivity index (χ4v) is 3.06. The molecule has 0 atom stereocenters. The van der Waals surface area contributed by atoms with Crippen LogP contribution in [0.25, 0.3) is 0 Å². The molecule has 0 unspecified atom stereocenters. The van der Waals surface area contributed by atoms with Gasteiger partial charge in [0.2, 0.25) is 5.91 Å². The molecule has 0 aliphatic heterocycles. The molecule has 1 amide bonds. The first-order valence-corrected chi connectivity index (χ1v) is 10.8. The van der Waals surface area contributed by atoms with Crippen molar-refractivity contribution in [3.05, 3.63) is 78.1 Å². The van der Waals surface area contributed by atoms with Gasteiger partial charge in [-0.2, -0.15) is 0 Å². The number of hydrogen-bond acceptors (Lipinski definition) is 6. The van der Waals surface area contributed by atoms with Gasteiger partial charge >= 0.3 is 0 Å². The summed E-state index contributed by atoms with van der Waals surface area (Å²) in [6.07, 6.45) is 4.53. The van der Waals surface area contributed by atoms with Gasteiger partial charge < -0.3 is 19.5 Å². The predicted molar refractivity (Wildman–Crippen MR) is 126 cm³/mol. The number of carbonyl (C=O) groups is 2. The van der Waals surface area contributed by atoms with Crippen LogP contribution >= 0.6 is 0 Å². The van der Waals surface area contributed by atoms with Crippen molar-refractivity contribution in [2.75, 3.05) is 19.0 Å². The molecule has 0 bridgehead atoms. The second-order valence-electron chi connectivity index (χ2n) is 7.36. The molecule has 0 radical (unpaired) electrons. The van der Waals surface area contributed by atoms with Crippen molar-refractivity contribution in [1.82, 2.24) is 4.98 Å². The van der Waals surface area contributed by atoms with Crippen LogP contribution in [0.2, 0.25) is 0 Å². The van der Waals surface area contributed by atoms with Gasteiger partial charge in [0.05, 0.1) is 13.7 Å². The lowest BCUT2D eigenvalue weighted by Gasteiger charge is -2.13. The van der Waals surface area contributed by atoms with Crippen molar-refractivity contribution in [2.24, 2.45) is 0 Å². The van der Waals surface area contributed by atoms with Crippen molar-refractivity contribution in [3.63, 3.8) is 0 Å². The topological polar surface area (TPSA) is 86.8 Å². The Morgan fingerprint density at radius 3 is 2.48 bits per heavy atom. The van der Waals surface area contributed by atoms with Crippen LogP contribution < -0.4 is 19.5 Å². The minimum atomic E-state index is -0.255. The first-order valence-electron chi connectivity index (χ1n) is 10.8. The highest BCUT2D eigenvalue weighted by Crippen LogP contribution is 2.31. The van der Waals surface area contributed by atoms with E-state index >= 15 is 0 Å². The van der Waals surface area contributed by atoms with Crippen LogP contribution in [0, 0.1) is 0 Å². The van der Waals surface area contributed by atoms with Crippen molar-refractivity contribution in [3.8, 4) is 17.2 Å². The quantitative estimate of drug-likeness (QED) is 0.390. The Hall–Kier alpha value is -3.87. The van der Waals surface area contributed by atoms with Crippen LogP contribution in [0.15, 0.2) is 67.0 Å². The number of rotatable bonds is 12. The number of aromatic nitrogens is 1. The Kier molecular flexibility index (Phi) is 8.82. The smallest absolute Gasteiger partial charge is 0.224 e. The van der Waals surface area contributed by atoms with E-state index in [9.17, 15) is 9.59 Å². The molecular weight excluding hydrogens is 420 g/mol. The SMILES string of the molecule is CCCOc1ccc(C(=O)CCC(=O)Nc2ccc(OC)c(OCc3cccnc3)c2)cc1. The normalized spacial score (nSPS) is 10.4. The van der Waals surface area contributed by atoms with Crippen LogP contribution in [0.5, 0.6) is 17.2 Å². The minimum Gasteiger partial charge on any atom is -0.494 e. The number of Topliss-reactive ketones (excluding diaryl/α,β-unsaturated/α-hetero) is 1. The second-order valence-corrected chi connectivity index (χ2v) is 7.36. The largest absolute Gasteiger partial charge is 0.494 e. The molecule has 1 aromatic heterocycles. The van der Waals surface area contributed by atoms with Crippen molar-refractivity contribution >= 4 is 17.4 Å². The summed E-state index contributed by atoms with van der Waals surface area (Å²) in [5, 5.41) is 2.81. The molecule has 0 saturated carbocycles. The zero-order chi connectivity index (χ0) is 23.5. The fraction of sp³-hybridized carbons (Fsp3) is 0.269. The summed E-state index contributed by atoms with van der Waals surface area (Å²) >= 11 is 0. The molecule has 0 fully saturated rings. The van der Waals surface area contributed by atoms with E-state index in [1.807, 2.05) is 19.1 Å². The summed E-state index contributed by atoms with van der Waals surface area (Å²) in [5.41, 5.74) is 2.03. The average Bonchev–Trinajstić information content (AvgIpc) is 2.86. The Bertz CT molecular complexity index is 1050. The third kappa shape index (κ3) is 7.35. The highest BCUT2D eigenvalue weighted by atomic mass is 16.5. The van der Waals surface area contributed by atoms with E-state index in [0.717, 1.165) is 17.7 Å². The molecule has 0 saturated heterocycles. The van der Waals surface area contributed by atoms with E-state index in [-0.39, 0.29) is 24.5 Å². The Labute approximate surface area is 193 Å². The number of hydrogen-bond donors (Lipinski definition) is 1. The van der Waals surface area contributed by atoms with E-state index in [1.54, 1.807) is 62.0 Å². The standard InChI is InChI=1S/C26H28N2O5/c1-3-15-32-22-9-6-20(7-10-22)23(29)11-13-26(30)28-21-8-12-24(31-2)25(16-21)33-18-19-5-4-14-27-17-19/h4-10,12,14,16-17H,3,11,13,15,18H2,1-2H3,(H,28,30). The number of anilines is 1. The summed E-state index contributed by atoms with van der Waals surface area (Å²) in [6.45, 7) is 2.98. The number of amides is 1. The molecular formula is C26H28N2O5. The maximum Gasteiger partial charge on any atom is 0.224 e. The summed E-state index contributed by atoms with van der Waals surface area (Å²) in [6, 6.07) is 15.9. The average molecular weight is 449 g/mol. The van der Waals surface area contributed by atoms with Crippen molar-refractivity contribution in [1.29, 1.82) is 0 Å². The molecule has 172 valence electrons. The van der Waals surface area contributed by atoms with Gasteiger partial charge in [-0.15, -0.1) is 0 Å². The monoisotopic (exact) mass is 448 g/mol. The van der Waals surface area contributed by atoms with E-state index in [4.69, 9.17) is 14.2 Å². The number of pyridine rings is 1. The zero-order valence-corrected chi connectivity index (χ0v) is 18.9. The number of carbonyl (C=O) groups excluding carboxylic acids is 2. The number of methoxy groups -OCH3 is 1. The van der Waals surface area contributed by atoms with E-state index in [2.05, 4.69) is 10.3 Å². The molecule has 7 nitrogen and oxygen atoms in total. The number of ketones is 1. The maximum atomic E-state index is 12.4. The van der Waals surface area contributed by atoms with Gasteiger partial charge in [0.25, 0.3) is 0 Å². The van der Waals surface area contributed by atoms with Crippen LogP contribution in [-0.4, -0.2) is 30.4 Å². The Morgan fingerprint density at radius 2 is 1.79 bits per heavy atom. The molecule has 3 rings (SSSR count). The lowest BCUT2D eigenvalue weighted by Crippen LogP contribution is -2.13. The minimum absolute atomic E-state index is 0.0742. The maximum absolute atomic E-state index is 12.4. The van der Waals surface area contributed by atoms with Gasteiger partial charge in [-0.05, 0) is 48.9 Å². The lowest BCUT2D eigenvalue weighted by atomic mass is 10.1. The fourth-order valence-electron chi connectivity index (χ4n) is 3.06. The van der Waals surface area contributed by atoms with Crippen molar-refractivity contribution in [2.45, 2.75) is 32.8 Å². The van der Waals surface area contributed by atoms with Crippen LogP contribution in [0.3, 0.4) is 0 Å². The number of nitrogens with one attached hydrogen (secondary N) is 1. The summed E-state index contributed by atoms with van der Waals surface area (Å²) in [5.74, 6) is 1.43. The number of ether oxygens (including phenoxy) is 3. The number of benzene rings is 2. The second kappa shape index (κ2) is 12.2. The third-order valence-electron chi connectivity index (χ3n) is 4.79. The van der Waals surface area contributed by atoms with Crippen LogP contribution in [0.4, 0.5) is 5.69 Å². The van der Waals surface area contributed by atoms with Gasteiger partial charge in [0.1, 0.15) is 12.4 Å². The lowest BCUT2D eigenvalue weighted by molar-refractivity contribution is -0.116. The molecule has 1 N–H and O–H groups in total. The summed E-state index contributed by atoms with van der Waals surface area (Å²) in [7, 11) is 1.55. The third-order valence-corrected chi connectivity index (χ3v) is 4.79. The molecule has 2 aromatic carbocycles. The van der Waals surface area contributed by atoms with Gasteiger partial charge in [-0.3, -0.25) is 14.6 Å². The highest BCUT2D eigenvalue weighted by Gasteiger charge is 2.12. The first kappa shape index (κ1) is 23.8. The molecule has 33 heavy (non-hydrogen) atoms. The molecule has 1 heterocycles. The zero-order valence-electron chi connectivity index (χ0n) is 18.9. The van der Waals surface area contributed by atoms with Crippen LogP contribution in [0.1, 0.15) is 42.1 Å². The van der Waals surface area contributed by atoms with Gasteiger partial charge in [0.15, 0.2) is 17.3 Å². The van der Waals surface area contributed by atoms with E-state index in [1.165, 1.54) is 0 Å². The number of nitrogens with zero attached hydrogens (tertiary/aromatic N) is 1. The molecule has 0 aliphatic rings. The predicted octanol–water partition coefficient (Wildman–Crippen LogP) is 5.06. The van der Waals surface area contributed by atoms with Crippen LogP contribution in [-0.2, 0) is 11.4 Å². The van der Waals surface area contributed by atoms with Gasteiger partial charge in [0, 0.05) is 48.1 Å². The molecule has 3 aromatic rings. The van der Waals surface area contributed by atoms with E-state index < -0.39 is 0 Å². The Morgan fingerprint density at radius 1 is 0.970 bits per heavy atom. The molecule has 0 aliphatic carbocycles. The first-order chi connectivity index (χ1) is 16.1. The highest BCUT2D eigenvalue weighted by molar-refractivity contribution is 6.00. The van der Waals surface area contributed by atoms with Gasteiger partial charge in [-0.25, -0.2) is 0 Å².